The Balaban J connectivity index is 2.06. The van der Waals surface area contributed by atoms with E-state index in [0.29, 0.717) is 37.6 Å². The van der Waals surface area contributed by atoms with Crippen LogP contribution in [-0.4, -0.2) is 45.5 Å². The van der Waals surface area contributed by atoms with Crippen molar-refractivity contribution in [3.05, 3.63) is 29.3 Å². The maximum absolute atomic E-state index is 12.1. The molecule has 0 bridgehead atoms. The summed E-state index contributed by atoms with van der Waals surface area (Å²) in [5.74, 6) is -1.27. The van der Waals surface area contributed by atoms with Crippen LogP contribution in [0.1, 0.15) is 42.6 Å². The van der Waals surface area contributed by atoms with E-state index < -0.39 is 11.8 Å². The lowest BCUT2D eigenvalue weighted by molar-refractivity contribution is -0.149. The van der Waals surface area contributed by atoms with Crippen LogP contribution < -0.4 is 4.74 Å². The quantitative estimate of drug-likeness (QED) is 0.525. The van der Waals surface area contributed by atoms with Crippen molar-refractivity contribution in [1.29, 1.82) is 0 Å². The monoisotopic (exact) mass is 352 g/mol. The van der Waals surface area contributed by atoms with Gasteiger partial charge >= 0.3 is 11.9 Å². The van der Waals surface area contributed by atoms with Gasteiger partial charge in [0.1, 0.15) is 11.3 Å². The molecule has 138 valence electrons. The number of benzene rings is 1. The topological polar surface area (TPSA) is 80.3 Å². The molecule has 1 aromatic carbocycles. The van der Waals surface area contributed by atoms with Gasteiger partial charge in [-0.15, -0.1) is 0 Å². The summed E-state index contributed by atoms with van der Waals surface area (Å²) in [5, 5.41) is 0. The Kier molecular flexibility index (Phi) is 6.78. The van der Waals surface area contributed by atoms with Crippen LogP contribution in [0.15, 0.2) is 18.2 Å². The number of hydrogen-bond donors (Lipinski definition) is 0. The lowest BCUT2D eigenvalue weighted by atomic mass is 10.0. The first-order valence-corrected chi connectivity index (χ1v) is 8.29. The highest BCUT2D eigenvalue weighted by Gasteiger charge is 2.34. The van der Waals surface area contributed by atoms with E-state index in [1.54, 1.807) is 32.0 Å². The molecular weight excluding hydrogens is 328 g/mol. The van der Waals surface area contributed by atoms with Crippen molar-refractivity contribution in [2.75, 3.05) is 33.5 Å². The summed E-state index contributed by atoms with van der Waals surface area (Å²) >= 11 is 0. The fourth-order valence-electron chi connectivity index (χ4n) is 2.52. The molecule has 0 aliphatic carbocycles. The predicted molar refractivity (Wildman–Crippen MR) is 88.4 cm³/mol. The number of carbonyl (C=O) groups is 2. The summed E-state index contributed by atoms with van der Waals surface area (Å²) in [7, 11) is 1.31. The molecule has 1 aromatic rings. The predicted octanol–water partition coefficient (Wildman–Crippen LogP) is 2.41. The zero-order chi connectivity index (χ0) is 18.3. The third-order valence-electron chi connectivity index (χ3n) is 3.84. The highest BCUT2D eigenvalue weighted by molar-refractivity contribution is 5.92. The van der Waals surface area contributed by atoms with Gasteiger partial charge in [-0.1, -0.05) is 0 Å². The second-order valence-electron chi connectivity index (χ2n) is 5.60. The molecule has 0 unspecified atom stereocenters. The first kappa shape index (κ1) is 19.2. The zero-order valence-corrected chi connectivity index (χ0v) is 14.8. The van der Waals surface area contributed by atoms with Crippen LogP contribution in [0, 0.1) is 0 Å². The molecule has 7 nitrogen and oxygen atoms in total. The van der Waals surface area contributed by atoms with Gasteiger partial charge in [-0.2, -0.15) is 0 Å². The number of rotatable bonds is 8. The van der Waals surface area contributed by atoms with Gasteiger partial charge in [0.25, 0.3) is 0 Å². The van der Waals surface area contributed by atoms with Crippen LogP contribution in [0.5, 0.6) is 5.75 Å². The van der Waals surface area contributed by atoms with Gasteiger partial charge in [-0.05, 0) is 38.5 Å². The molecule has 0 atom stereocenters. The van der Waals surface area contributed by atoms with E-state index in [1.165, 1.54) is 7.11 Å². The van der Waals surface area contributed by atoms with Crippen LogP contribution >= 0.6 is 0 Å². The molecule has 2 rings (SSSR count). The average molecular weight is 352 g/mol. The molecule has 0 N–H and O–H groups in total. The summed E-state index contributed by atoms with van der Waals surface area (Å²) in [6, 6.07) is 5.12. The van der Waals surface area contributed by atoms with Gasteiger partial charge in [-0.25, -0.2) is 4.79 Å². The van der Waals surface area contributed by atoms with Crippen molar-refractivity contribution in [3.8, 4) is 5.75 Å². The normalized spacial score (nSPS) is 15.6. The summed E-state index contributed by atoms with van der Waals surface area (Å²) < 4.78 is 26.6. The molecule has 0 aromatic heterocycles. The summed E-state index contributed by atoms with van der Waals surface area (Å²) in [6.07, 6.45) is 0.754. The second-order valence-corrected chi connectivity index (χ2v) is 5.60. The largest absolute Gasteiger partial charge is 0.493 e. The minimum atomic E-state index is -0.884. The molecule has 0 amide bonds. The highest BCUT2D eigenvalue weighted by atomic mass is 16.7. The molecule has 25 heavy (non-hydrogen) atoms. The smallest absolute Gasteiger partial charge is 0.341 e. The molecule has 0 spiro atoms. The first-order valence-electron chi connectivity index (χ1n) is 8.29. The summed E-state index contributed by atoms with van der Waals surface area (Å²) in [5.41, 5.74) is 1.00. The Morgan fingerprint density at radius 2 is 1.96 bits per heavy atom. The maximum Gasteiger partial charge on any atom is 0.341 e. The Morgan fingerprint density at radius 1 is 1.24 bits per heavy atom. The van der Waals surface area contributed by atoms with Crippen molar-refractivity contribution in [1.82, 2.24) is 0 Å². The van der Waals surface area contributed by atoms with Crippen molar-refractivity contribution < 1.29 is 33.3 Å². The van der Waals surface area contributed by atoms with Gasteiger partial charge in [0.05, 0.1) is 33.5 Å². The number of hydrogen-bond acceptors (Lipinski definition) is 7. The highest BCUT2D eigenvalue weighted by Crippen LogP contribution is 2.34. The number of ether oxygens (including phenoxy) is 5. The third kappa shape index (κ3) is 4.93. The Bertz CT molecular complexity index is 605. The Labute approximate surface area is 147 Å². The molecular formula is C18H24O7. The second kappa shape index (κ2) is 8.82. The average Bonchev–Trinajstić information content (AvgIpc) is 3.06. The fourth-order valence-corrected chi connectivity index (χ4v) is 2.52. The number of carbonyl (C=O) groups excluding carboxylic acids is 2. The Morgan fingerprint density at radius 3 is 2.60 bits per heavy atom. The summed E-state index contributed by atoms with van der Waals surface area (Å²) in [6.45, 7) is 5.20. The van der Waals surface area contributed by atoms with Gasteiger partial charge < -0.3 is 23.7 Å². The molecule has 1 saturated heterocycles. The van der Waals surface area contributed by atoms with Gasteiger partial charge in [0, 0.05) is 12.0 Å². The standard InChI is InChI=1S/C18H24O7/c1-4-22-16(19)6-5-9-23-15-8-7-13(12-14(15)17(20)21-3)18(2)24-10-11-25-18/h7-8,12H,4-6,9-11H2,1-3H3. The van der Waals surface area contributed by atoms with E-state index in [0.717, 1.165) is 0 Å². The first-order chi connectivity index (χ1) is 12.0. The lowest BCUT2D eigenvalue weighted by Crippen LogP contribution is -2.23. The molecule has 1 aliphatic heterocycles. The molecule has 0 saturated carbocycles. The molecule has 7 heteroatoms. The molecule has 1 fully saturated rings. The van der Waals surface area contributed by atoms with Crippen LogP contribution in [-0.2, 0) is 29.5 Å². The van der Waals surface area contributed by atoms with Crippen molar-refractivity contribution in [2.24, 2.45) is 0 Å². The van der Waals surface area contributed by atoms with E-state index in [1.807, 2.05) is 0 Å². The lowest BCUT2D eigenvalue weighted by Gasteiger charge is -2.23. The van der Waals surface area contributed by atoms with Gasteiger partial charge in [-0.3, -0.25) is 4.79 Å². The van der Waals surface area contributed by atoms with Crippen LogP contribution in [0.25, 0.3) is 0 Å². The van der Waals surface area contributed by atoms with Gasteiger partial charge in [0.2, 0.25) is 0 Å². The van der Waals surface area contributed by atoms with E-state index >= 15 is 0 Å². The van der Waals surface area contributed by atoms with E-state index in [-0.39, 0.29) is 24.6 Å². The number of esters is 2. The SMILES string of the molecule is CCOC(=O)CCCOc1ccc(C2(C)OCCO2)cc1C(=O)OC. The third-order valence-corrected chi connectivity index (χ3v) is 3.84. The van der Waals surface area contributed by atoms with E-state index in [9.17, 15) is 9.59 Å². The molecule has 1 aliphatic rings. The maximum atomic E-state index is 12.1. The molecule has 1 heterocycles. The molecule has 0 radical (unpaired) electrons. The van der Waals surface area contributed by atoms with Gasteiger partial charge in [0.15, 0.2) is 5.79 Å². The summed E-state index contributed by atoms with van der Waals surface area (Å²) in [4.78, 5) is 23.4. The van der Waals surface area contributed by atoms with Crippen molar-refractivity contribution in [3.63, 3.8) is 0 Å². The van der Waals surface area contributed by atoms with Crippen molar-refractivity contribution in [2.45, 2.75) is 32.5 Å². The van der Waals surface area contributed by atoms with Crippen LogP contribution in [0.3, 0.4) is 0 Å². The minimum Gasteiger partial charge on any atom is -0.493 e. The zero-order valence-electron chi connectivity index (χ0n) is 14.8. The van der Waals surface area contributed by atoms with Crippen molar-refractivity contribution >= 4 is 11.9 Å². The van der Waals surface area contributed by atoms with E-state index in [4.69, 9.17) is 23.7 Å². The number of methoxy groups -OCH3 is 1. The fraction of sp³-hybridized carbons (Fsp3) is 0.556. The van der Waals surface area contributed by atoms with Crippen LogP contribution in [0.4, 0.5) is 0 Å². The van der Waals surface area contributed by atoms with Crippen LogP contribution in [0.2, 0.25) is 0 Å². The Hall–Kier alpha value is -2.12. The minimum absolute atomic E-state index is 0.263. The van der Waals surface area contributed by atoms with E-state index in [2.05, 4.69) is 0 Å².